The Morgan fingerprint density at radius 3 is 2.50 bits per heavy atom. The molecule has 2 rings (SSSR count). The van der Waals surface area contributed by atoms with Crippen molar-refractivity contribution in [3.63, 3.8) is 0 Å². The standard InChI is InChI=1S/C20H26N2O2/c1-14-5-4-6-17(11-14)13-24-19-9-7-18(8-10-19)16(3)22-20(23)12-15(2)21/h4-11,15-16H,12-13,21H2,1-3H3,(H,22,23). The van der Waals surface area contributed by atoms with Crippen molar-refractivity contribution in [1.29, 1.82) is 0 Å². The lowest BCUT2D eigenvalue weighted by Crippen LogP contribution is -2.31. The van der Waals surface area contributed by atoms with E-state index in [0.717, 1.165) is 16.9 Å². The number of hydrogen-bond donors (Lipinski definition) is 2. The third-order valence-corrected chi connectivity index (χ3v) is 3.75. The molecule has 0 saturated carbocycles. The van der Waals surface area contributed by atoms with Crippen LogP contribution in [0, 0.1) is 6.92 Å². The maximum atomic E-state index is 11.8. The van der Waals surface area contributed by atoms with Gasteiger partial charge in [-0.25, -0.2) is 0 Å². The molecule has 2 unspecified atom stereocenters. The first kappa shape index (κ1) is 18.0. The summed E-state index contributed by atoms with van der Waals surface area (Å²) < 4.78 is 5.81. The van der Waals surface area contributed by atoms with Crippen LogP contribution >= 0.6 is 0 Å². The SMILES string of the molecule is Cc1cccc(COc2ccc(C(C)NC(=O)CC(C)N)cc2)c1. The highest BCUT2D eigenvalue weighted by Gasteiger charge is 2.11. The lowest BCUT2D eigenvalue weighted by Gasteiger charge is -2.16. The number of nitrogens with two attached hydrogens (primary N) is 1. The van der Waals surface area contributed by atoms with Crippen LogP contribution in [-0.2, 0) is 11.4 Å². The molecule has 0 fully saturated rings. The molecule has 0 spiro atoms. The number of nitrogens with one attached hydrogen (secondary N) is 1. The zero-order valence-corrected chi connectivity index (χ0v) is 14.6. The van der Waals surface area contributed by atoms with Crippen molar-refractivity contribution in [2.45, 2.75) is 45.9 Å². The first-order valence-electron chi connectivity index (χ1n) is 8.27. The van der Waals surface area contributed by atoms with E-state index in [0.29, 0.717) is 13.0 Å². The van der Waals surface area contributed by atoms with Crippen molar-refractivity contribution >= 4 is 5.91 Å². The maximum absolute atomic E-state index is 11.8. The highest BCUT2D eigenvalue weighted by Crippen LogP contribution is 2.19. The Kier molecular flexibility index (Phi) is 6.38. The molecule has 2 aromatic carbocycles. The molecule has 4 heteroatoms. The van der Waals surface area contributed by atoms with E-state index in [2.05, 4.69) is 30.4 Å². The quantitative estimate of drug-likeness (QED) is 0.818. The minimum Gasteiger partial charge on any atom is -0.489 e. The minimum absolute atomic E-state index is 0.0303. The Morgan fingerprint density at radius 2 is 1.88 bits per heavy atom. The summed E-state index contributed by atoms with van der Waals surface area (Å²) >= 11 is 0. The van der Waals surface area contributed by atoms with Gasteiger partial charge in [0.05, 0.1) is 6.04 Å². The largest absolute Gasteiger partial charge is 0.489 e. The fourth-order valence-corrected chi connectivity index (χ4v) is 2.50. The van der Waals surface area contributed by atoms with Crippen molar-refractivity contribution in [1.82, 2.24) is 5.32 Å². The molecule has 2 atom stereocenters. The zero-order chi connectivity index (χ0) is 17.5. The average molecular weight is 326 g/mol. The molecule has 0 heterocycles. The Labute approximate surface area is 144 Å². The second-order valence-electron chi connectivity index (χ2n) is 6.32. The summed E-state index contributed by atoms with van der Waals surface area (Å²) in [4.78, 5) is 11.8. The molecule has 24 heavy (non-hydrogen) atoms. The van der Waals surface area contributed by atoms with E-state index in [9.17, 15) is 4.79 Å². The Hall–Kier alpha value is -2.33. The second-order valence-corrected chi connectivity index (χ2v) is 6.32. The van der Waals surface area contributed by atoms with Gasteiger partial charge in [0, 0.05) is 12.5 Å². The van der Waals surface area contributed by atoms with Gasteiger partial charge < -0.3 is 15.8 Å². The van der Waals surface area contributed by atoms with E-state index >= 15 is 0 Å². The third kappa shape index (κ3) is 5.70. The van der Waals surface area contributed by atoms with E-state index in [1.165, 1.54) is 5.56 Å². The number of aryl methyl sites for hydroxylation is 1. The van der Waals surface area contributed by atoms with Crippen LogP contribution in [0.3, 0.4) is 0 Å². The highest BCUT2D eigenvalue weighted by atomic mass is 16.5. The summed E-state index contributed by atoms with van der Waals surface area (Å²) in [6.07, 6.45) is 0.335. The number of ether oxygens (including phenoxy) is 1. The van der Waals surface area contributed by atoms with Crippen LogP contribution in [-0.4, -0.2) is 11.9 Å². The molecular weight excluding hydrogens is 300 g/mol. The van der Waals surface area contributed by atoms with Gasteiger partial charge in [-0.15, -0.1) is 0 Å². The van der Waals surface area contributed by atoms with Crippen LogP contribution in [0.25, 0.3) is 0 Å². The molecule has 4 nitrogen and oxygen atoms in total. The van der Waals surface area contributed by atoms with Crippen LogP contribution in [0.1, 0.15) is 43.0 Å². The normalized spacial score (nSPS) is 13.2. The molecular formula is C20H26N2O2. The lowest BCUT2D eigenvalue weighted by atomic mass is 10.1. The van der Waals surface area contributed by atoms with Gasteiger partial charge in [-0.1, -0.05) is 42.0 Å². The minimum atomic E-state index is -0.130. The van der Waals surface area contributed by atoms with E-state index in [1.54, 1.807) is 0 Å². The van der Waals surface area contributed by atoms with E-state index in [-0.39, 0.29) is 18.0 Å². The third-order valence-electron chi connectivity index (χ3n) is 3.75. The van der Waals surface area contributed by atoms with Crippen molar-refractivity contribution in [3.8, 4) is 5.75 Å². The molecule has 0 aliphatic carbocycles. The lowest BCUT2D eigenvalue weighted by molar-refractivity contribution is -0.122. The number of benzene rings is 2. The van der Waals surface area contributed by atoms with E-state index in [4.69, 9.17) is 10.5 Å². The summed E-state index contributed by atoms with van der Waals surface area (Å²) in [7, 11) is 0. The monoisotopic (exact) mass is 326 g/mol. The Balaban J connectivity index is 1.89. The van der Waals surface area contributed by atoms with Gasteiger partial charge in [0.15, 0.2) is 0 Å². The summed E-state index contributed by atoms with van der Waals surface area (Å²) in [6, 6.07) is 15.9. The predicted molar refractivity (Wildman–Crippen MR) is 96.8 cm³/mol. The smallest absolute Gasteiger partial charge is 0.222 e. The first-order valence-corrected chi connectivity index (χ1v) is 8.27. The fraction of sp³-hybridized carbons (Fsp3) is 0.350. The maximum Gasteiger partial charge on any atom is 0.222 e. The van der Waals surface area contributed by atoms with Crippen LogP contribution < -0.4 is 15.8 Å². The van der Waals surface area contributed by atoms with Crippen LogP contribution in [0.5, 0.6) is 5.75 Å². The highest BCUT2D eigenvalue weighted by molar-refractivity contribution is 5.76. The topological polar surface area (TPSA) is 64.3 Å². The summed E-state index contributed by atoms with van der Waals surface area (Å²) in [5.74, 6) is 0.784. The van der Waals surface area contributed by atoms with Crippen molar-refractivity contribution in [2.24, 2.45) is 5.73 Å². The molecule has 0 bridgehead atoms. The van der Waals surface area contributed by atoms with Gasteiger partial charge in [-0.2, -0.15) is 0 Å². The van der Waals surface area contributed by atoms with Gasteiger partial charge in [0.2, 0.25) is 5.91 Å². The van der Waals surface area contributed by atoms with Crippen molar-refractivity contribution in [2.75, 3.05) is 0 Å². The van der Waals surface area contributed by atoms with Crippen molar-refractivity contribution in [3.05, 3.63) is 65.2 Å². The Morgan fingerprint density at radius 1 is 1.17 bits per heavy atom. The van der Waals surface area contributed by atoms with Crippen LogP contribution in [0.4, 0.5) is 0 Å². The second kappa shape index (κ2) is 8.50. The van der Waals surface area contributed by atoms with Gasteiger partial charge in [-0.3, -0.25) is 4.79 Å². The van der Waals surface area contributed by atoms with Crippen LogP contribution in [0.2, 0.25) is 0 Å². The predicted octanol–water partition coefficient (Wildman–Crippen LogP) is 3.49. The molecule has 1 amide bonds. The summed E-state index contributed by atoms with van der Waals surface area (Å²) in [5, 5.41) is 2.95. The number of carbonyl (C=O) groups excluding carboxylic acids is 1. The van der Waals surface area contributed by atoms with Crippen LogP contribution in [0.15, 0.2) is 48.5 Å². The van der Waals surface area contributed by atoms with Gasteiger partial charge in [0.25, 0.3) is 0 Å². The molecule has 2 aromatic rings. The average Bonchev–Trinajstić information content (AvgIpc) is 2.52. The molecule has 0 radical (unpaired) electrons. The summed E-state index contributed by atoms with van der Waals surface area (Å²) in [5.41, 5.74) is 9.05. The van der Waals surface area contributed by atoms with Gasteiger partial charge in [-0.05, 0) is 44.0 Å². The number of hydrogen-bond acceptors (Lipinski definition) is 3. The van der Waals surface area contributed by atoms with Crippen molar-refractivity contribution < 1.29 is 9.53 Å². The van der Waals surface area contributed by atoms with Gasteiger partial charge >= 0.3 is 0 Å². The number of carbonyl (C=O) groups is 1. The molecule has 0 aromatic heterocycles. The number of amides is 1. The molecule has 128 valence electrons. The van der Waals surface area contributed by atoms with Gasteiger partial charge in [0.1, 0.15) is 12.4 Å². The Bertz CT molecular complexity index is 666. The first-order chi connectivity index (χ1) is 11.4. The van der Waals surface area contributed by atoms with E-state index in [1.807, 2.05) is 44.2 Å². The molecule has 0 aliphatic heterocycles. The zero-order valence-electron chi connectivity index (χ0n) is 14.6. The molecule has 0 aliphatic rings. The molecule has 3 N–H and O–H groups in total. The molecule has 0 saturated heterocycles. The van der Waals surface area contributed by atoms with E-state index < -0.39 is 0 Å². The summed E-state index contributed by atoms with van der Waals surface area (Å²) in [6.45, 7) is 6.40. The fourth-order valence-electron chi connectivity index (χ4n) is 2.50. The number of rotatable bonds is 7.